The van der Waals surface area contributed by atoms with Crippen LogP contribution in [0.25, 0.3) is 22.3 Å². The number of anilines is 2. The molecule has 0 unspecified atom stereocenters. The Morgan fingerprint density at radius 2 is 1.97 bits per heavy atom. The van der Waals surface area contributed by atoms with E-state index in [1.54, 1.807) is 7.11 Å². The van der Waals surface area contributed by atoms with E-state index in [4.69, 9.17) is 20.3 Å². The minimum atomic E-state index is -0.00781. The second-order valence-corrected chi connectivity index (χ2v) is 11.1. The molecule has 3 aliphatic rings. The number of nitrogens with zero attached hydrogens (tertiary/aromatic N) is 4. The van der Waals surface area contributed by atoms with Gasteiger partial charge in [-0.05, 0) is 61.6 Å². The molecule has 3 fully saturated rings. The van der Waals surface area contributed by atoms with Gasteiger partial charge in [0.25, 0.3) is 0 Å². The highest BCUT2D eigenvalue weighted by molar-refractivity contribution is 5.99. The van der Waals surface area contributed by atoms with Gasteiger partial charge in [0, 0.05) is 12.0 Å². The average molecular weight is 525 g/mol. The van der Waals surface area contributed by atoms with Gasteiger partial charge in [-0.3, -0.25) is 4.79 Å². The first kappa shape index (κ1) is 24.1. The van der Waals surface area contributed by atoms with Gasteiger partial charge in [0.05, 0.1) is 36.4 Å². The number of amides is 1. The number of methoxy groups -OCH3 is 1. The van der Waals surface area contributed by atoms with Crippen LogP contribution in [0.5, 0.6) is 5.75 Å². The summed E-state index contributed by atoms with van der Waals surface area (Å²) >= 11 is 0. The Hall–Kier alpha value is -3.98. The Morgan fingerprint density at radius 1 is 1.18 bits per heavy atom. The summed E-state index contributed by atoms with van der Waals surface area (Å²) in [6.45, 7) is 0.872. The van der Waals surface area contributed by atoms with Crippen LogP contribution in [0.2, 0.25) is 0 Å². The maximum absolute atomic E-state index is 12.9. The lowest BCUT2D eigenvalue weighted by atomic mass is 9.86. The van der Waals surface area contributed by atoms with Crippen molar-refractivity contribution in [3.05, 3.63) is 60.4 Å². The first-order valence-electron chi connectivity index (χ1n) is 13.7. The van der Waals surface area contributed by atoms with Crippen molar-refractivity contribution < 1.29 is 14.3 Å². The number of aromatic nitrogens is 4. The molecular formula is C30H32N6O3. The minimum Gasteiger partial charge on any atom is -0.495 e. The molecule has 7 rings (SSSR count). The fraction of sp³-hybridized carbons (Fsp3) is 0.400. The normalized spacial score (nSPS) is 25.5. The largest absolute Gasteiger partial charge is 0.495 e. The smallest absolute Gasteiger partial charge is 0.224 e. The van der Waals surface area contributed by atoms with E-state index in [0.29, 0.717) is 41.2 Å². The van der Waals surface area contributed by atoms with E-state index >= 15 is 0 Å². The summed E-state index contributed by atoms with van der Waals surface area (Å²) in [5, 5.41) is 8.80. The summed E-state index contributed by atoms with van der Waals surface area (Å²) in [6, 6.07) is 16.3. The highest BCUT2D eigenvalue weighted by Gasteiger charge is 2.47. The topological polar surface area (TPSA) is 120 Å². The van der Waals surface area contributed by atoms with Gasteiger partial charge in [0.2, 0.25) is 5.91 Å². The minimum absolute atomic E-state index is 0.00781. The van der Waals surface area contributed by atoms with Gasteiger partial charge in [-0.1, -0.05) is 36.4 Å². The van der Waals surface area contributed by atoms with E-state index in [9.17, 15) is 4.79 Å². The fourth-order valence-electron chi connectivity index (χ4n) is 6.18. The number of fused-ring (bicyclic) bond motifs is 1. The summed E-state index contributed by atoms with van der Waals surface area (Å²) in [6.07, 6.45) is 7.06. The molecule has 2 saturated carbocycles. The number of nitrogens with one attached hydrogen (secondary N) is 1. The molecule has 1 aliphatic heterocycles. The number of epoxide rings is 1. The molecule has 3 N–H and O–H groups in total. The molecule has 4 aromatic rings. The number of rotatable bonds is 7. The van der Waals surface area contributed by atoms with Crippen LogP contribution < -0.4 is 15.8 Å². The zero-order valence-electron chi connectivity index (χ0n) is 22.0. The Morgan fingerprint density at radius 3 is 2.72 bits per heavy atom. The third kappa shape index (κ3) is 4.50. The number of ether oxygens (including phenoxy) is 2. The van der Waals surface area contributed by atoms with E-state index in [2.05, 4.69) is 39.6 Å². The number of hydrogen-bond acceptors (Lipinski definition) is 7. The van der Waals surface area contributed by atoms with Gasteiger partial charge >= 0.3 is 0 Å². The molecule has 39 heavy (non-hydrogen) atoms. The molecule has 2 atom stereocenters. The van der Waals surface area contributed by atoms with Crippen molar-refractivity contribution in [3.8, 4) is 17.0 Å². The lowest BCUT2D eigenvalue weighted by Crippen LogP contribution is -2.24. The van der Waals surface area contributed by atoms with Crippen LogP contribution >= 0.6 is 0 Å². The van der Waals surface area contributed by atoms with Crippen molar-refractivity contribution in [2.45, 2.75) is 56.1 Å². The van der Waals surface area contributed by atoms with Crippen molar-refractivity contribution in [2.75, 3.05) is 24.8 Å². The second-order valence-electron chi connectivity index (χ2n) is 11.1. The summed E-state index contributed by atoms with van der Waals surface area (Å²) < 4.78 is 13.4. The van der Waals surface area contributed by atoms with Gasteiger partial charge in [-0.2, -0.15) is 5.10 Å². The summed E-state index contributed by atoms with van der Waals surface area (Å²) in [7, 11) is 1.60. The fourth-order valence-corrected chi connectivity index (χ4v) is 6.18. The number of nitrogen functional groups attached to an aromatic ring is 1. The van der Waals surface area contributed by atoms with E-state index in [-0.39, 0.29) is 17.6 Å². The molecule has 1 spiro atoms. The van der Waals surface area contributed by atoms with E-state index in [1.165, 1.54) is 11.9 Å². The van der Waals surface area contributed by atoms with Crippen molar-refractivity contribution in [2.24, 2.45) is 5.92 Å². The van der Waals surface area contributed by atoms with Crippen LogP contribution in [-0.2, 0) is 9.53 Å². The van der Waals surface area contributed by atoms with Gasteiger partial charge in [0.1, 0.15) is 23.6 Å². The van der Waals surface area contributed by atoms with E-state index in [1.807, 2.05) is 28.9 Å². The third-order valence-corrected chi connectivity index (χ3v) is 8.63. The van der Waals surface area contributed by atoms with Crippen LogP contribution in [0.15, 0.2) is 54.9 Å². The molecule has 1 saturated heterocycles. The van der Waals surface area contributed by atoms with Crippen LogP contribution in [0.4, 0.5) is 11.5 Å². The van der Waals surface area contributed by atoms with Crippen molar-refractivity contribution >= 4 is 28.4 Å². The molecule has 9 nitrogen and oxygen atoms in total. The molecule has 0 bridgehead atoms. The Kier molecular flexibility index (Phi) is 5.77. The average Bonchev–Trinajstić information content (AvgIpc) is 3.87. The summed E-state index contributed by atoms with van der Waals surface area (Å²) in [5.41, 5.74) is 10.7. The number of hydrogen-bond donors (Lipinski definition) is 2. The van der Waals surface area contributed by atoms with Crippen LogP contribution in [-0.4, -0.2) is 45.0 Å². The first-order valence-corrected chi connectivity index (χ1v) is 13.7. The lowest BCUT2D eigenvalue weighted by molar-refractivity contribution is -0.116. The van der Waals surface area contributed by atoms with Gasteiger partial charge < -0.3 is 20.5 Å². The molecule has 200 valence electrons. The monoisotopic (exact) mass is 524 g/mol. The molecule has 1 amide bonds. The SMILES string of the molecule is COc1cc(-c2nn(C3CCC4(CC3)CO4)c3ncnc(N)c23)ccc1NC(=O)C[C@@H]1C[C@H]1c1ccccc1. The third-order valence-electron chi connectivity index (χ3n) is 8.63. The zero-order chi connectivity index (χ0) is 26.6. The Balaban J connectivity index is 1.12. The standard InChI is InChI=1S/C30H32N6O3/c1-38-24-14-19(7-8-23(24)34-25(37)15-20-13-22(20)18-5-3-2-4-6-18)27-26-28(31)32-17-33-29(26)36(35-27)21-9-11-30(12-10-21)16-39-30/h2-8,14,17,20-22H,9-13,15-16H2,1H3,(H,34,37)(H2,31,32,33)/t20-,21?,22-,30?/m0/s1. The Bertz CT molecular complexity index is 1540. The van der Waals surface area contributed by atoms with Crippen LogP contribution in [0.3, 0.4) is 0 Å². The second kappa shape index (κ2) is 9.34. The molecule has 3 heterocycles. The number of benzene rings is 2. The van der Waals surface area contributed by atoms with E-state index < -0.39 is 0 Å². The van der Waals surface area contributed by atoms with Gasteiger partial charge in [0.15, 0.2) is 5.65 Å². The summed E-state index contributed by atoms with van der Waals surface area (Å²) in [4.78, 5) is 21.7. The van der Waals surface area contributed by atoms with Gasteiger partial charge in [-0.15, -0.1) is 0 Å². The number of carbonyl (C=O) groups is 1. The summed E-state index contributed by atoms with van der Waals surface area (Å²) in [5.74, 6) is 1.79. The quantitative estimate of drug-likeness (QED) is 0.323. The molecule has 2 aliphatic carbocycles. The maximum atomic E-state index is 12.9. The molecular weight excluding hydrogens is 492 g/mol. The predicted octanol–water partition coefficient (Wildman–Crippen LogP) is 5.10. The van der Waals surface area contributed by atoms with Crippen molar-refractivity contribution in [3.63, 3.8) is 0 Å². The van der Waals surface area contributed by atoms with Crippen molar-refractivity contribution in [1.82, 2.24) is 19.7 Å². The number of nitrogens with two attached hydrogens (primary N) is 1. The van der Waals surface area contributed by atoms with Crippen LogP contribution in [0.1, 0.15) is 56.0 Å². The lowest BCUT2D eigenvalue weighted by Gasteiger charge is -2.26. The zero-order valence-corrected chi connectivity index (χ0v) is 22.0. The van der Waals surface area contributed by atoms with Crippen molar-refractivity contribution in [1.29, 1.82) is 0 Å². The van der Waals surface area contributed by atoms with Gasteiger partial charge in [-0.25, -0.2) is 14.6 Å². The molecule has 9 heteroatoms. The number of carbonyl (C=O) groups excluding carboxylic acids is 1. The highest BCUT2D eigenvalue weighted by Crippen LogP contribution is 2.50. The highest BCUT2D eigenvalue weighted by atomic mass is 16.6. The molecule has 2 aromatic carbocycles. The Labute approximate surface area is 226 Å². The van der Waals surface area contributed by atoms with Crippen LogP contribution in [0, 0.1) is 5.92 Å². The predicted molar refractivity (Wildman–Crippen MR) is 148 cm³/mol. The maximum Gasteiger partial charge on any atom is 0.224 e. The van der Waals surface area contributed by atoms with E-state index in [0.717, 1.165) is 55.3 Å². The first-order chi connectivity index (χ1) is 19.0. The molecule has 0 radical (unpaired) electrons. The molecule has 2 aromatic heterocycles.